The maximum atomic E-state index is 12.0. The average Bonchev–Trinajstić information content (AvgIpc) is 2.14. The van der Waals surface area contributed by atoms with E-state index >= 15 is 0 Å². The van der Waals surface area contributed by atoms with Crippen LogP contribution in [0, 0.1) is 11.8 Å². The summed E-state index contributed by atoms with van der Waals surface area (Å²) in [7, 11) is 0. The molecule has 1 saturated carbocycles. The van der Waals surface area contributed by atoms with E-state index in [0.717, 1.165) is 18.8 Å². The highest BCUT2D eigenvalue weighted by Gasteiger charge is 2.41. The van der Waals surface area contributed by atoms with Gasteiger partial charge in [-0.05, 0) is 38.5 Å². The average molecular weight is 211 g/mol. The lowest BCUT2D eigenvalue weighted by Gasteiger charge is -2.46. The first-order valence-electron chi connectivity index (χ1n) is 5.99. The summed E-state index contributed by atoms with van der Waals surface area (Å²) < 4.78 is 0. The van der Waals surface area contributed by atoms with E-state index in [-0.39, 0.29) is 11.8 Å². The van der Waals surface area contributed by atoms with Crippen LogP contribution in [0.3, 0.4) is 0 Å². The van der Waals surface area contributed by atoms with Crippen molar-refractivity contribution in [3.63, 3.8) is 0 Å². The van der Waals surface area contributed by atoms with E-state index in [1.54, 1.807) is 11.8 Å². The second-order valence-corrected chi connectivity index (χ2v) is 5.65. The van der Waals surface area contributed by atoms with Crippen LogP contribution in [0.15, 0.2) is 0 Å². The third-order valence-electron chi connectivity index (χ3n) is 3.74. The molecule has 0 aromatic carbocycles. The first kappa shape index (κ1) is 10.9. The fourth-order valence-electron chi connectivity index (χ4n) is 2.70. The molecule has 3 nitrogen and oxygen atoms in total. The molecule has 2 fully saturated rings. The maximum absolute atomic E-state index is 12.0. The van der Waals surface area contributed by atoms with Crippen molar-refractivity contribution in [2.75, 3.05) is 13.1 Å². The van der Waals surface area contributed by atoms with Crippen LogP contribution in [0.4, 0.5) is 0 Å². The van der Waals surface area contributed by atoms with E-state index in [4.69, 9.17) is 0 Å². The monoisotopic (exact) mass is 211 g/mol. The molecule has 0 aromatic rings. The number of β-amino-alcohol motifs (C(OH)–C–C–N with tert-alkyl or cyclic N) is 1. The molecule has 0 atom stereocenters. The second kappa shape index (κ2) is 3.78. The van der Waals surface area contributed by atoms with Gasteiger partial charge in [-0.15, -0.1) is 0 Å². The van der Waals surface area contributed by atoms with E-state index in [1.807, 2.05) is 0 Å². The number of amides is 1. The molecular weight excluding hydrogens is 190 g/mol. The van der Waals surface area contributed by atoms with Gasteiger partial charge in [0.25, 0.3) is 0 Å². The SMILES string of the molecule is CC1CCC(C(=O)N2CC(C)(O)C2)CC1. The molecule has 15 heavy (non-hydrogen) atoms. The number of carbonyl (C=O) groups excluding carboxylic acids is 1. The summed E-state index contributed by atoms with van der Waals surface area (Å²) in [6, 6.07) is 0. The fourth-order valence-corrected chi connectivity index (χ4v) is 2.70. The first-order chi connectivity index (χ1) is 6.98. The van der Waals surface area contributed by atoms with Gasteiger partial charge in [0.05, 0.1) is 18.7 Å². The summed E-state index contributed by atoms with van der Waals surface area (Å²) in [6.45, 7) is 5.10. The second-order valence-electron chi connectivity index (χ2n) is 5.65. The van der Waals surface area contributed by atoms with E-state index in [1.165, 1.54) is 12.8 Å². The molecule has 2 rings (SSSR count). The van der Waals surface area contributed by atoms with Crippen molar-refractivity contribution in [3.8, 4) is 0 Å². The number of nitrogens with zero attached hydrogens (tertiary/aromatic N) is 1. The lowest BCUT2D eigenvalue weighted by Crippen LogP contribution is -2.62. The fraction of sp³-hybridized carbons (Fsp3) is 0.917. The zero-order valence-electron chi connectivity index (χ0n) is 9.70. The summed E-state index contributed by atoms with van der Waals surface area (Å²) in [4.78, 5) is 13.8. The van der Waals surface area contributed by atoms with Gasteiger partial charge in [-0.3, -0.25) is 4.79 Å². The lowest BCUT2D eigenvalue weighted by atomic mass is 9.81. The van der Waals surface area contributed by atoms with Gasteiger partial charge in [0.2, 0.25) is 5.91 Å². The van der Waals surface area contributed by atoms with Crippen LogP contribution in [0.1, 0.15) is 39.5 Å². The van der Waals surface area contributed by atoms with Crippen LogP contribution in [0.5, 0.6) is 0 Å². The molecule has 0 spiro atoms. The summed E-state index contributed by atoms with van der Waals surface area (Å²) >= 11 is 0. The summed E-state index contributed by atoms with van der Waals surface area (Å²) in [5.74, 6) is 1.29. The Morgan fingerprint density at radius 1 is 1.27 bits per heavy atom. The Labute approximate surface area is 91.5 Å². The number of likely N-dealkylation sites (tertiary alicyclic amines) is 1. The van der Waals surface area contributed by atoms with Gasteiger partial charge in [0, 0.05) is 5.92 Å². The number of aliphatic hydroxyl groups is 1. The maximum Gasteiger partial charge on any atom is 0.225 e. The predicted molar refractivity (Wildman–Crippen MR) is 58.3 cm³/mol. The van der Waals surface area contributed by atoms with Crippen molar-refractivity contribution < 1.29 is 9.90 Å². The Balaban J connectivity index is 1.82. The van der Waals surface area contributed by atoms with E-state index in [9.17, 15) is 9.90 Å². The number of carbonyl (C=O) groups is 1. The van der Waals surface area contributed by atoms with Gasteiger partial charge < -0.3 is 10.0 Å². The van der Waals surface area contributed by atoms with Crippen LogP contribution < -0.4 is 0 Å². The molecule has 1 amide bonds. The van der Waals surface area contributed by atoms with Gasteiger partial charge in [-0.25, -0.2) is 0 Å². The molecule has 1 saturated heterocycles. The zero-order valence-corrected chi connectivity index (χ0v) is 9.70. The van der Waals surface area contributed by atoms with Crippen LogP contribution in [0.25, 0.3) is 0 Å². The van der Waals surface area contributed by atoms with Gasteiger partial charge >= 0.3 is 0 Å². The Kier molecular flexibility index (Phi) is 2.75. The molecule has 0 bridgehead atoms. The van der Waals surface area contributed by atoms with Crippen molar-refractivity contribution in [3.05, 3.63) is 0 Å². The minimum absolute atomic E-state index is 0.234. The zero-order chi connectivity index (χ0) is 11.1. The number of hydrogen-bond donors (Lipinski definition) is 1. The van der Waals surface area contributed by atoms with Gasteiger partial charge in [0.15, 0.2) is 0 Å². The third kappa shape index (κ3) is 2.33. The van der Waals surface area contributed by atoms with Crippen molar-refractivity contribution >= 4 is 5.91 Å². The molecule has 86 valence electrons. The molecule has 0 aromatic heterocycles. The standard InChI is InChI=1S/C12H21NO2/c1-9-3-5-10(6-4-9)11(14)13-7-12(2,15)8-13/h9-10,15H,3-8H2,1-2H3. The highest BCUT2D eigenvalue weighted by Crippen LogP contribution is 2.32. The smallest absolute Gasteiger partial charge is 0.225 e. The molecule has 0 unspecified atom stereocenters. The van der Waals surface area contributed by atoms with Crippen molar-refractivity contribution in [2.45, 2.75) is 45.1 Å². The Bertz CT molecular complexity index is 246. The van der Waals surface area contributed by atoms with Crippen LogP contribution in [-0.2, 0) is 4.79 Å². The highest BCUT2D eigenvalue weighted by molar-refractivity contribution is 5.80. The van der Waals surface area contributed by atoms with Crippen molar-refractivity contribution in [2.24, 2.45) is 11.8 Å². The molecule has 1 heterocycles. The van der Waals surface area contributed by atoms with Crippen LogP contribution in [0.2, 0.25) is 0 Å². The number of hydrogen-bond acceptors (Lipinski definition) is 2. The van der Waals surface area contributed by atoms with Crippen LogP contribution >= 0.6 is 0 Å². The third-order valence-corrected chi connectivity index (χ3v) is 3.74. The molecular formula is C12H21NO2. The topological polar surface area (TPSA) is 40.5 Å². The largest absolute Gasteiger partial charge is 0.386 e. The van der Waals surface area contributed by atoms with Crippen molar-refractivity contribution in [1.29, 1.82) is 0 Å². The molecule has 1 N–H and O–H groups in total. The molecule has 2 aliphatic rings. The van der Waals surface area contributed by atoms with E-state index < -0.39 is 5.60 Å². The summed E-state index contributed by atoms with van der Waals surface area (Å²) in [5, 5.41) is 9.58. The Hall–Kier alpha value is -0.570. The van der Waals surface area contributed by atoms with E-state index in [0.29, 0.717) is 13.1 Å². The van der Waals surface area contributed by atoms with Gasteiger partial charge in [-0.1, -0.05) is 6.92 Å². The lowest BCUT2D eigenvalue weighted by molar-refractivity contribution is -0.157. The number of rotatable bonds is 1. The quantitative estimate of drug-likeness (QED) is 0.712. The molecule has 1 aliphatic carbocycles. The predicted octanol–water partition coefficient (Wildman–Crippen LogP) is 1.41. The first-order valence-corrected chi connectivity index (χ1v) is 5.99. The molecule has 0 radical (unpaired) electrons. The van der Waals surface area contributed by atoms with Gasteiger partial charge in [-0.2, -0.15) is 0 Å². The molecule has 3 heteroatoms. The normalized spacial score (nSPS) is 34.7. The molecule has 1 aliphatic heterocycles. The minimum atomic E-state index is -0.627. The van der Waals surface area contributed by atoms with Gasteiger partial charge in [0.1, 0.15) is 0 Å². The summed E-state index contributed by atoms with van der Waals surface area (Å²) in [5.41, 5.74) is -0.627. The van der Waals surface area contributed by atoms with E-state index in [2.05, 4.69) is 6.92 Å². The van der Waals surface area contributed by atoms with Crippen LogP contribution in [-0.4, -0.2) is 34.6 Å². The Morgan fingerprint density at radius 2 is 1.80 bits per heavy atom. The van der Waals surface area contributed by atoms with Crippen molar-refractivity contribution in [1.82, 2.24) is 4.90 Å². The highest BCUT2D eigenvalue weighted by atomic mass is 16.3. The minimum Gasteiger partial charge on any atom is -0.386 e. The Morgan fingerprint density at radius 3 is 2.27 bits per heavy atom. The summed E-state index contributed by atoms with van der Waals surface area (Å²) in [6.07, 6.45) is 4.44.